The van der Waals surface area contributed by atoms with Crippen LogP contribution in [0.15, 0.2) is 30.3 Å². The van der Waals surface area contributed by atoms with E-state index in [1.165, 1.54) is 6.42 Å². The molecule has 1 fully saturated rings. The number of rotatable bonds is 4. The Balaban J connectivity index is 1.76. The fraction of sp³-hybridized carbons (Fsp3) is 0.444. The molecule has 5 nitrogen and oxygen atoms in total. The molecule has 1 aliphatic carbocycles. The van der Waals surface area contributed by atoms with Crippen LogP contribution in [0.4, 0.5) is 5.82 Å². The zero-order valence-corrected chi connectivity index (χ0v) is 14.3. The molecule has 1 aromatic carbocycles. The van der Waals surface area contributed by atoms with E-state index in [1.54, 1.807) is 0 Å². The minimum absolute atomic E-state index is 0.0962. The first-order valence-electron chi connectivity index (χ1n) is 8.47. The number of nitrogens with two attached hydrogens (primary N) is 1. The monoisotopic (exact) mass is 344 g/mol. The highest BCUT2D eigenvalue weighted by Gasteiger charge is 2.44. The number of carbonyl (C=O) groups is 1. The van der Waals surface area contributed by atoms with Crippen molar-refractivity contribution in [2.75, 3.05) is 18.0 Å². The Labute approximate surface area is 146 Å². The fourth-order valence-corrected chi connectivity index (χ4v) is 4.29. The standard InChI is InChI=1S/C18H21ClN4O/c19-14-6-2-1-5-13(14)18(7-3-8-18)15-11-17-22(12-16(20)24)9-4-10-23(17)21-15/h1-2,5-6,11H,3-4,7-10,12H2,(H2,20,24). The number of hydrogen-bond acceptors (Lipinski definition) is 3. The normalized spacial score (nSPS) is 18.8. The van der Waals surface area contributed by atoms with Crippen LogP contribution in [0, 0.1) is 0 Å². The van der Waals surface area contributed by atoms with Gasteiger partial charge in [0.2, 0.25) is 5.91 Å². The molecule has 0 bridgehead atoms. The lowest BCUT2D eigenvalue weighted by Gasteiger charge is -2.41. The van der Waals surface area contributed by atoms with Gasteiger partial charge in [0.05, 0.1) is 12.2 Å². The van der Waals surface area contributed by atoms with Crippen molar-refractivity contribution in [1.82, 2.24) is 9.78 Å². The Bertz CT molecular complexity index is 781. The van der Waals surface area contributed by atoms with Crippen molar-refractivity contribution in [3.8, 4) is 0 Å². The molecule has 0 radical (unpaired) electrons. The van der Waals surface area contributed by atoms with Crippen molar-refractivity contribution in [2.24, 2.45) is 5.73 Å². The molecular weight excluding hydrogens is 324 g/mol. The van der Waals surface area contributed by atoms with Crippen molar-refractivity contribution in [3.05, 3.63) is 46.6 Å². The molecule has 1 saturated carbocycles. The van der Waals surface area contributed by atoms with Crippen molar-refractivity contribution >= 4 is 23.3 Å². The van der Waals surface area contributed by atoms with Gasteiger partial charge in [-0.1, -0.05) is 36.2 Å². The molecule has 126 valence electrons. The van der Waals surface area contributed by atoms with Gasteiger partial charge in [-0.05, 0) is 30.9 Å². The third-order valence-electron chi connectivity index (χ3n) is 5.31. The quantitative estimate of drug-likeness (QED) is 0.927. The number of amides is 1. The van der Waals surface area contributed by atoms with E-state index in [0.717, 1.165) is 54.4 Å². The van der Waals surface area contributed by atoms with E-state index in [9.17, 15) is 4.79 Å². The summed E-state index contributed by atoms with van der Waals surface area (Å²) in [4.78, 5) is 13.4. The molecule has 1 amide bonds. The van der Waals surface area contributed by atoms with E-state index in [-0.39, 0.29) is 17.9 Å². The van der Waals surface area contributed by atoms with Gasteiger partial charge in [-0.2, -0.15) is 5.10 Å². The molecule has 0 saturated heterocycles. The summed E-state index contributed by atoms with van der Waals surface area (Å²) in [6, 6.07) is 10.2. The lowest BCUT2D eigenvalue weighted by atomic mass is 9.62. The van der Waals surface area contributed by atoms with E-state index in [2.05, 4.69) is 12.1 Å². The van der Waals surface area contributed by atoms with Crippen LogP contribution in [-0.2, 0) is 16.8 Å². The zero-order chi connectivity index (χ0) is 16.7. The lowest BCUT2D eigenvalue weighted by Crippen LogP contribution is -2.38. The van der Waals surface area contributed by atoms with Crippen LogP contribution in [0.5, 0.6) is 0 Å². The Morgan fingerprint density at radius 3 is 2.71 bits per heavy atom. The van der Waals surface area contributed by atoms with Gasteiger partial charge in [-0.15, -0.1) is 0 Å². The largest absolute Gasteiger partial charge is 0.368 e. The molecule has 1 aliphatic heterocycles. The predicted molar refractivity (Wildman–Crippen MR) is 94.3 cm³/mol. The number of hydrogen-bond donors (Lipinski definition) is 1. The molecule has 24 heavy (non-hydrogen) atoms. The second-order valence-electron chi connectivity index (χ2n) is 6.77. The highest BCUT2D eigenvalue weighted by molar-refractivity contribution is 6.31. The highest BCUT2D eigenvalue weighted by Crippen LogP contribution is 2.51. The number of aromatic nitrogens is 2. The van der Waals surface area contributed by atoms with Gasteiger partial charge in [0.25, 0.3) is 0 Å². The van der Waals surface area contributed by atoms with Crippen LogP contribution in [0.3, 0.4) is 0 Å². The summed E-state index contributed by atoms with van der Waals surface area (Å²) >= 11 is 6.49. The number of fused-ring (bicyclic) bond motifs is 1. The summed E-state index contributed by atoms with van der Waals surface area (Å²) in [6.45, 7) is 1.96. The minimum Gasteiger partial charge on any atom is -0.368 e. The Morgan fingerprint density at radius 1 is 1.25 bits per heavy atom. The summed E-state index contributed by atoms with van der Waals surface area (Å²) in [5.41, 5.74) is 7.52. The minimum atomic E-state index is -0.310. The van der Waals surface area contributed by atoms with E-state index < -0.39 is 0 Å². The summed E-state index contributed by atoms with van der Waals surface area (Å²) in [5, 5.41) is 5.69. The topological polar surface area (TPSA) is 64.2 Å². The average molecular weight is 345 g/mol. The van der Waals surface area contributed by atoms with Crippen molar-refractivity contribution in [2.45, 2.75) is 37.6 Å². The van der Waals surface area contributed by atoms with Gasteiger partial charge >= 0.3 is 0 Å². The van der Waals surface area contributed by atoms with Crippen LogP contribution in [-0.4, -0.2) is 28.8 Å². The third-order valence-corrected chi connectivity index (χ3v) is 5.64. The van der Waals surface area contributed by atoms with E-state index in [4.69, 9.17) is 22.4 Å². The zero-order valence-electron chi connectivity index (χ0n) is 13.5. The molecule has 2 heterocycles. The number of primary amides is 1. The Morgan fingerprint density at radius 2 is 2.04 bits per heavy atom. The molecule has 2 aliphatic rings. The second kappa shape index (κ2) is 5.81. The molecule has 4 rings (SSSR count). The summed E-state index contributed by atoms with van der Waals surface area (Å²) < 4.78 is 2.01. The summed E-state index contributed by atoms with van der Waals surface area (Å²) in [7, 11) is 0. The maximum absolute atomic E-state index is 11.3. The first kappa shape index (κ1) is 15.5. The van der Waals surface area contributed by atoms with Gasteiger partial charge in [0.15, 0.2) is 0 Å². The van der Waals surface area contributed by atoms with Crippen LogP contribution in [0.25, 0.3) is 0 Å². The number of anilines is 1. The maximum Gasteiger partial charge on any atom is 0.236 e. The maximum atomic E-state index is 11.3. The number of carbonyl (C=O) groups excluding carboxylic acids is 1. The molecule has 6 heteroatoms. The van der Waals surface area contributed by atoms with Gasteiger partial charge < -0.3 is 10.6 Å². The van der Waals surface area contributed by atoms with Crippen molar-refractivity contribution in [1.29, 1.82) is 0 Å². The molecule has 0 atom stereocenters. The second-order valence-corrected chi connectivity index (χ2v) is 7.18. The Hall–Kier alpha value is -2.01. The predicted octanol–water partition coefficient (Wildman–Crippen LogP) is 2.70. The van der Waals surface area contributed by atoms with Crippen LogP contribution in [0.2, 0.25) is 5.02 Å². The van der Waals surface area contributed by atoms with Crippen LogP contribution >= 0.6 is 11.6 Å². The van der Waals surface area contributed by atoms with Gasteiger partial charge in [0.1, 0.15) is 5.82 Å². The number of nitrogens with zero attached hydrogens (tertiary/aromatic N) is 3. The molecule has 2 aromatic rings. The first-order chi connectivity index (χ1) is 11.6. The van der Waals surface area contributed by atoms with E-state index in [0.29, 0.717) is 0 Å². The Kier molecular flexibility index (Phi) is 3.76. The molecule has 0 unspecified atom stereocenters. The number of aryl methyl sites for hydroxylation is 1. The van der Waals surface area contributed by atoms with E-state index in [1.807, 2.05) is 27.8 Å². The molecule has 2 N–H and O–H groups in total. The summed E-state index contributed by atoms with van der Waals surface area (Å²) in [6.07, 6.45) is 4.27. The molecular formula is C18H21ClN4O. The highest BCUT2D eigenvalue weighted by atomic mass is 35.5. The van der Waals surface area contributed by atoms with Crippen molar-refractivity contribution < 1.29 is 4.79 Å². The van der Waals surface area contributed by atoms with Crippen LogP contribution in [0.1, 0.15) is 36.9 Å². The lowest BCUT2D eigenvalue weighted by molar-refractivity contribution is -0.116. The average Bonchev–Trinajstić information content (AvgIpc) is 2.93. The number of benzene rings is 1. The molecule has 0 spiro atoms. The molecule has 1 aromatic heterocycles. The van der Waals surface area contributed by atoms with E-state index >= 15 is 0 Å². The fourth-order valence-electron chi connectivity index (χ4n) is 3.98. The van der Waals surface area contributed by atoms with Gasteiger partial charge in [0, 0.05) is 29.6 Å². The van der Waals surface area contributed by atoms with Gasteiger partial charge in [-0.25, -0.2) is 4.68 Å². The van der Waals surface area contributed by atoms with Gasteiger partial charge in [-0.3, -0.25) is 4.79 Å². The van der Waals surface area contributed by atoms with Crippen molar-refractivity contribution in [3.63, 3.8) is 0 Å². The SMILES string of the molecule is NC(=O)CN1CCCn2nc(C3(c4ccccc4Cl)CCC3)cc21. The smallest absolute Gasteiger partial charge is 0.236 e. The third kappa shape index (κ3) is 2.38. The number of halogens is 1. The summed E-state index contributed by atoms with van der Waals surface area (Å²) in [5.74, 6) is 0.684. The van der Waals surface area contributed by atoms with Crippen LogP contribution < -0.4 is 10.6 Å². The first-order valence-corrected chi connectivity index (χ1v) is 8.84.